The third kappa shape index (κ3) is 15.6. The lowest BCUT2D eigenvalue weighted by Crippen LogP contribution is -2.14. The molecule has 45 heavy (non-hydrogen) atoms. The Morgan fingerprint density at radius 1 is 1.02 bits per heavy atom. The maximum absolute atomic E-state index is 11.8. The maximum Gasteiger partial charge on any atom is 0.309 e. The smallest absolute Gasteiger partial charge is 0.309 e. The van der Waals surface area contributed by atoms with Gasteiger partial charge in [-0.15, -0.1) is 6.58 Å². The lowest BCUT2D eigenvalue weighted by molar-refractivity contribution is -0.144. The zero-order valence-corrected chi connectivity index (χ0v) is 29.2. The van der Waals surface area contributed by atoms with Crippen molar-refractivity contribution < 1.29 is 19.0 Å². The van der Waals surface area contributed by atoms with Gasteiger partial charge >= 0.3 is 5.97 Å². The molecule has 2 rings (SSSR count). The Morgan fingerprint density at radius 3 is 2.20 bits per heavy atom. The van der Waals surface area contributed by atoms with Gasteiger partial charge in [0.25, 0.3) is 0 Å². The van der Waals surface area contributed by atoms with Crippen LogP contribution in [0.2, 0.25) is 5.02 Å². The quantitative estimate of drug-likeness (QED) is 0.0715. The summed E-state index contributed by atoms with van der Waals surface area (Å²) >= 11 is 6.57. The molecule has 7 heteroatoms. The lowest BCUT2D eigenvalue weighted by atomic mass is 9.84. The number of allylic oxidation sites excluding steroid dienone is 5. The van der Waals surface area contributed by atoms with Crippen LogP contribution in [0.15, 0.2) is 67.0 Å². The summed E-state index contributed by atoms with van der Waals surface area (Å²) in [5, 5.41) is 20.6. The molecule has 0 bridgehead atoms. The number of esters is 1. The molecule has 0 fully saturated rings. The molecule has 0 heterocycles. The summed E-state index contributed by atoms with van der Waals surface area (Å²) in [6, 6.07) is 9.10. The molecule has 2 aromatic carbocycles. The first-order chi connectivity index (χ1) is 21.5. The first kappa shape index (κ1) is 41.2. The highest BCUT2D eigenvalue weighted by Gasteiger charge is 2.25. The number of nitrogens with zero attached hydrogens (tertiary/aromatic N) is 2. The standard InChI is InChI=1S/C24H25ClN2O4.C11H20.C3H6/c1-5-29-9-10-30-21(28)7-6-8-31-23-19-12-18(15-27)17(14-26)11-16(19)13-20(25)22(23)24(2,3)4;1-4-7-8-10-11(6-3)9-5-2;1-3-2/h6,8,11-13H,5,7,9-10H2,1-4H3;5-6,9H,4,7-8,10H2,1-3H3;3H,1H2,2H3/b8-6+;9-5-,11-6+;. The Balaban J connectivity index is 0.00000116. The molecule has 0 aromatic heterocycles. The second-order valence-corrected chi connectivity index (χ2v) is 11.4. The van der Waals surface area contributed by atoms with Crippen molar-refractivity contribution in [3.8, 4) is 17.9 Å². The van der Waals surface area contributed by atoms with Gasteiger partial charge in [-0.05, 0) is 75.6 Å². The van der Waals surface area contributed by atoms with E-state index in [4.69, 9.17) is 25.8 Å². The van der Waals surface area contributed by atoms with E-state index in [9.17, 15) is 15.3 Å². The van der Waals surface area contributed by atoms with Gasteiger partial charge in [0, 0.05) is 22.6 Å². The molecule has 0 spiro atoms. The summed E-state index contributed by atoms with van der Waals surface area (Å²) < 4.78 is 16.1. The third-order valence-corrected chi connectivity index (χ3v) is 6.55. The van der Waals surface area contributed by atoms with Gasteiger partial charge < -0.3 is 14.2 Å². The molecule has 2 aromatic rings. The van der Waals surface area contributed by atoms with E-state index in [2.05, 4.69) is 45.6 Å². The molecule has 0 aliphatic rings. The zero-order chi connectivity index (χ0) is 34.3. The average molecular weight is 635 g/mol. The number of halogens is 1. The Bertz CT molecular complexity index is 1390. The van der Waals surface area contributed by atoms with E-state index in [1.165, 1.54) is 37.5 Å². The molecular weight excluding hydrogens is 584 g/mol. The summed E-state index contributed by atoms with van der Waals surface area (Å²) in [4.78, 5) is 11.8. The van der Waals surface area contributed by atoms with Gasteiger partial charge in [-0.3, -0.25) is 4.79 Å². The minimum atomic E-state index is -0.392. The van der Waals surface area contributed by atoms with Gasteiger partial charge in [0.15, 0.2) is 0 Å². The predicted octanol–water partition coefficient (Wildman–Crippen LogP) is 10.7. The van der Waals surface area contributed by atoms with Crippen molar-refractivity contribution in [3.63, 3.8) is 0 Å². The number of fused-ring (bicyclic) bond motifs is 1. The van der Waals surface area contributed by atoms with Gasteiger partial charge in [0.1, 0.15) is 24.5 Å². The van der Waals surface area contributed by atoms with E-state index in [-0.39, 0.29) is 29.6 Å². The number of carbonyl (C=O) groups excluding carboxylic acids is 1. The number of nitriles is 2. The summed E-state index contributed by atoms with van der Waals surface area (Å²) in [7, 11) is 0. The summed E-state index contributed by atoms with van der Waals surface area (Å²) in [6.45, 7) is 20.7. The van der Waals surface area contributed by atoms with Crippen LogP contribution in [0.4, 0.5) is 0 Å². The number of hydrogen-bond donors (Lipinski definition) is 0. The molecule has 0 aliphatic heterocycles. The largest absolute Gasteiger partial charge is 0.464 e. The second kappa shape index (κ2) is 23.5. The highest BCUT2D eigenvalue weighted by Crippen LogP contribution is 2.43. The van der Waals surface area contributed by atoms with Crippen LogP contribution in [0, 0.1) is 22.7 Å². The normalized spacial score (nSPS) is 11.2. The van der Waals surface area contributed by atoms with Crippen molar-refractivity contribution in [2.75, 3.05) is 19.8 Å². The minimum absolute atomic E-state index is 0.0392. The van der Waals surface area contributed by atoms with Crippen LogP contribution in [0.3, 0.4) is 0 Å². The van der Waals surface area contributed by atoms with E-state index in [1.54, 1.807) is 30.4 Å². The predicted molar refractivity (Wildman–Crippen MR) is 188 cm³/mol. The summed E-state index contributed by atoms with van der Waals surface area (Å²) in [5.74, 6) is 0.0916. The Labute approximate surface area is 276 Å². The van der Waals surface area contributed by atoms with E-state index in [0.717, 1.165) is 5.56 Å². The van der Waals surface area contributed by atoms with Gasteiger partial charge in [-0.2, -0.15) is 10.5 Å². The SMILES string of the molecule is C/C=C\C(=C/C)CCCCC.C=CC.CCOCCOC(=O)C/C=C/Oc1c(C(C)(C)C)c(Cl)cc2cc(C#N)c(C#N)cc12. The topological polar surface area (TPSA) is 92.3 Å². The monoisotopic (exact) mass is 634 g/mol. The molecule has 0 saturated heterocycles. The molecule has 0 unspecified atom stereocenters. The Kier molecular flexibility index (Phi) is 21.5. The van der Waals surface area contributed by atoms with Crippen molar-refractivity contribution in [2.24, 2.45) is 0 Å². The molecular formula is C38H51ClN2O4. The number of hydrogen-bond acceptors (Lipinski definition) is 6. The highest BCUT2D eigenvalue weighted by molar-refractivity contribution is 6.32. The number of carbonyl (C=O) groups is 1. The van der Waals surface area contributed by atoms with E-state index in [1.807, 2.05) is 46.8 Å². The van der Waals surface area contributed by atoms with Crippen LogP contribution in [0.5, 0.6) is 5.75 Å². The van der Waals surface area contributed by atoms with Crippen LogP contribution in [0.25, 0.3) is 10.8 Å². The van der Waals surface area contributed by atoms with Crippen molar-refractivity contribution in [1.82, 2.24) is 0 Å². The lowest BCUT2D eigenvalue weighted by Gasteiger charge is -2.25. The molecule has 0 radical (unpaired) electrons. The van der Waals surface area contributed by atoms with Gasteiger partial charge in [-0.1, -0.05) is 82.0 Å². The molecule has 0 amide bonds. The van der Waals surface area contributed by atoms with E-state index >= 15 is 0 Å². The van der Waals surface area contributed by atoms with Crippen molar-refractivity contribution in [1.29, 1.82) is 10.5 Å². The molecule has 0 N–H and O–H groups in total. The van der Waals surface area contributed by atoms with Crippen molar-refractivity contribution in [2.45, 2.75) is 92.9 Å². The number of rotatable bonds is 13. The van der Waals surface area contributed by atoms with E-state index in [0.29, 0.717) is 34.8 Å². The summed E-state index contributed by atoms with van der Waals surface area (Å²) in [5.41, 5.74) is 2.41. The van der Waals surface area contributed by atoms with Crippen LogP contribution in [-0.2, 0) is 19.7 Å². The Hall–Kier alpha value is -3.84. The second-order valence-electron chi connectivity index (χ2n) is 11.0. The van der Waals surface area contributed by atoms with Crippen molar-refractivity contribution in [3.05, 3.63) is 88.7 Å². The van der Waals surface area contributed by atoms with Crippen molar-refractivity contribution >= 4 is 28.3 Å². The number of benzene rings is 2. The molecule has 0 saturated carbocycles. The first-order valence-corrected chi connectivity index (χ1v) is 15.9. The fraction of sp³-hybridized carbons (Fsp3) is 0.447. The van der Waals surface area contributed by atoms with Crippen LogP contribution >= 0.6 is 11.6 Å². The van der Waals surface area contributed by atoms with E-state index < -0.39 is 5.97 Å². The minimum Gasteiger partial charge on any atom is -0.464 e. The molecule has 244 valence electrons. The average Bonchev–Trinajstić information content (AvgIpc) is 3.00. The van der Waals surface area contributed by atoms with Gasteiger partial charge in [-0.25, -0.2) is 0 Å². The number of unbranched alkanes of at least 4 members (excludes halogenated alkanes) is 2. The van der Waals surface area contributed by atoms with Crippen LogP contribution in [0.1, 0.15) is 104 Å². The van der Waals surface area contributed by atoms with Crippen LogP contribution in [-0.4, -0.2) is 25.8 Å². The van der Waals surface area contributed by atoms with Gasteiger partial charge in [0.05, 0.1) is 30.4 Å². The highest BCUT2D eigenvalue weighted by atomic mass is 35.5. The molecule has 6 nitrogen and oxygen atoms in total. The first-order valence-electron chi connectivity index (χ1n) is 15.5. The maximum atomic E-state index is 11.8. The van der Waals surface area contributed by atoms with Crippen LogP contribution < -0.4 is 4.74 Å². The zero-order valence-electron chi connectivity index (χ0n) is 28.5. The Morgan fingerprint density at radius 2 is 1.67 bits per heavy atom. The molecule has 0 atom stereocenters. The fourth-order valence-electron chi connectivity index (χ4n) is 4.19. The fourth-order valence-corrected chi connectivity index (χ4v) is 4.67. The third-order valence-electron chi connectivity index (χ3n) is 6.26. The summed E-state index contributed by atoms with van der Waals surface area (Å²) in [6.07, 6.45) is 16.5. The molecule has 0 aliphatic carbocycles. The number of ether oxygens (including phenoxy) is 3. The van der Waals surface area contributed by atoms with Gasteiger partial charge in [0.2, 0.25) is 0 Å².